The molecule has 2 aromatic rings. The summed E-state index contributed by atoms with van der Waals surface area (Å²) in [6.45, 7) is 3.26. The first kappa shape index (κ1) is 17.5. The highest BCUT2D eigenvalue weighted by molar-refractivity contribution is 5.66. The molecule has 0 saturated heterocycles. The molecule has 1 N–H and O–H groups in total. The van der Waals surface area contributed by atoms with E-state index in [1.807, 2.05) is 18.2 Å². The molecule has 2 aromatic carbocycles. The van der Waals surface area contributed by atoms with Crippen LogP contribution < -0.4 is 0 Å². The monoisotopic (exact) mass is 347 g/mol. The second-order valence-corrected chi connectivity index (χ2v) is 7.96. The molecule has 1 aliphatic heterocycles. The zero-order valence-corrected chi connectivity index (χ0v) is 15.5. The Kier molecular flexibility index (Phi) is 5.23. The van der Waals surface area contributed by atoms with Crippen molar-refractivity contribution in [3.8, 4) is 0 Å². The van der Waals surface area contributed by atoms with Gasteiger partial charge in [0.2, 0.25) is 0 Å². The Morgan fingerprint density at radius 2 is 1.73 bits per heavy atom. The molecule has 1 heterocycles. The van der Waals surface area contributed by atoms with Gasteiger partial charge in [-0.15, -0.1) is 0 Å². The fraction of sp³-hybridized carbons (Fsp3) is 0.417. The molecule has 0 spiro atoms. The van der Waals surface area contributed by atoms with Crippen LogP contribution >= 0.6 is 0 Å². The maximum atomic E-state index is 11.2. The standard InChI is InChI=1S/C24H29NO/c26-24(23-11-5-2-6-12-23)15-7-8-20(18-24)19-25-16-13-22(14-17-25)21-9-3-1-4-10-21/h1-6,9-13,20,26H,7-8,14-19H2. The van der Waals surface area contributed by atoms with E-state index in [4.69, 9.17) is 0 Å². The molecule has 2 aliphatic rings. The zero-order valence-electron chi connectivity index (χ0n) is 15.5. The van der Waals surface area contributed by atoms with E-state index in [2.05, 4.69) is 53.4 Å². The molecule has 0 radical (unpaired) electrons. The average Bonchev–Trinajstić information content (AvgIpc) is 2.70. The molecule has 0 amide bonds. The van der Waals surface area contributed by atoms with Gasteiger partial charge >= 0.3 is 0 Å². The van der Waals surface area contributed by atoms with E-state index < -0.39 is 5.60 Å². The third-order valence-electron chi connectivity index (χ3n) is 6.09. The summed E-state index contributed by atoms with van der Waals surface area (Å²) in [5.41, 5.74) is 3.30. The maximum Gasteiger partial charge on any atom is 0.0899 e. The molecule has 136 valence electrons. The van der Waals surface area contributed by atoms with Crippen molar-refractivity contribution in [2.24, 2.45) is 5.92 Å². The number of aliphatic hydroxyl groups is 1. The summed E-state index contributed by atoms with van der Waals surface area (Å²) in [5, 5.41) is 11.2. The van der Waals surface area contributed by atoms with Gasteiger partial charge in [-0.05, 0) is 54.7 Å². The molecule has 1 aliphatic carbocycles. The molecule has 2 unspecified atom stereocenters. The highest BCUT2D eigenvalue weighted by Crippen LogP contribution is 2.40. The predicted molar refractivity (Wildman–Crippen MR) is 108 cm³/mol. The van der Waals surface area contributed by atoms with E-state index in [1.165, 1.54) is 17.6 Å². The van der Waals surface area contributed by atoms with Crippen LogP contribution in [0.4, 0.5) is 0 Å². The van der Waals surface area contributed by atoms with E-state index in [0.29, 0.717) is 5.92 Å². The van der Waals surface area contributed by atoms with E-state index in [1.54, 1.807) is 0 Å². The molecule has 0 bridgehead atoms. The van der Waals surface area contributed by atoms with Crippen LogP contribution in [0.3, 0.4) is 0 Å². The first-order chi connectivity index (χ1) is 12.7. The second-order valence-electron chi connectivity index (χ2n) is 7.96. The second kappa shape index (κ2) is 7.77. The highest BCUT2D eigenvalue weighted by Gasteiger charge is 2.36. The Labute approximate surface area is 157 Å². The molecule has 1 fully saturated rings. The van der Waals surface area contributed by atoms with Crippen molar-refractivity contribution in [3.63, 3.8) is 0 Å². The van der Waals surface area contributed by atoms with Gasteiger partial charge in [-0.2, -0.15) is 0 Å². The summed E-state index contributed by atoms with van der Waals surface area (Å²) in [6.07, 6.45) is 7.66. The van der Waals surface area contributed by atoms with Gasteiger partial charge in [-0.3, -0.25) is 4.90 Å². The molecule has 0 aromatic heterocycles. The van der Waals surface area contributed by atoms with Gasteiger partial charge in [-0.1, -0.05) is 66.7 Å². The summed E-state index contributed by atoms with van der Waals surface area (Å²) >= 11 is 0. The molecule has 4 rings (SSSR count). The Morgan fingerprint density at radius 3 is 2.42 bits per heavy atom. The lowest BCUT2D eigenvalue weighted by Crippen LogP contribution is -2.39. The van der Waals surface area contributed by atoms with Crippen LogP contribution in [0.15, 0.2) is 66.7 Å². The van der Waals surface area contributed by atoms with Crippen molar-refractivity contribution in [2.75, 3.05) is 19.6 Å². The van der Waals surface area contributed by atoms with Crippen molar-refractivity contribution >= 4 is 5.57 Å². The van der Waals surface area contributed by atoms with E-state index in [-0.39, 0.29) is 0 Å². The number of benzene rings is 2. The van der Waals surface area contributed by atoms with E-state index in [0.717, 1.165) is 50.9 Å². The Bertz CT molecular complexity index is 739. The van der Waals surface area contributed by atoms with E-state index in [9.17, 15) is 5.11 Å². The predicted octanol–water partition coefficient (Wildman–Crippen LogP) is 4.85. The van der Waals surface area contributed by atoms with Crippen molar-refractivity contribution in [1.29, 1.82) is 0 Å². The number of hydrogen-bond donors (Lipinski definition) is 1. The van der Waals surface area contributed by atoms with Gasteiger partial charge in [-0.25, -0.2) is 0 Å². The number of hydrogen-bond acceptors (Lipinski definition) is 2. The molecule has 2 heteroatoms. The van der Waals surface area contributed by atoms with Gasteiger partial charge in [0, 0.05) is 19.6 Å². The first-order valence-corrected chi connectivity index (χ1v) is 9.98. The van der Waals surface area contributed by atoms with Gasteiger partial charge in [0.1, 0.15) is 0 Å². The number of rotatable bonds is 4. The molecule has 26 heavy (non-hydrogen) atoms. The Balaban J connectivity index is 1.37. The quantitative estimate of drug-likeness (QED) is 0.854. The minimum Gasteiger partial charge on any atom is -0.385 e. The summed E-state index contributed by atoms with van der Waals surface area (Å²) in [7, 11) is 0. The molecule has 2 atom stereocenters. The van der Waals surface area contributed by atoms with Crippen molar-refractivity contribution in [3.05, 3.63) is 77.9 Å². The van der Waals surface area contributed by atoms with Crippen LogP contribution in [0.25, 0.3) is 5.57 Å². The largest absolute Gasteiger partial charge is 0.385 e. The average molecular weight is 348 g/mol. The normalized spacial score (nSPS) is 27.1. The minimum absolute atomic E-state index is 0.584. The summed E-state index contributed by atoms with van der Waals surface area (Å²) in [4.78, 5) is 2.56. The Morgan fingerprint density at radius 1 is 1.00 bits per heavy atom. The lowest BCUT2D eigenvalue weighted by atomic mass is 9.74. The summed E-state index contributed by atoms with van der Waals surface area (Å²) < 4.78 is 0. The van der Waals surface area contributed by atoms with Crippen LogP contribution in [0, 0.1) is 5.92 Å². The first-order valence-electron chi connectivity index (χ1n) is 9.98. The molecular formula is C24H29NO. The van der Waals surface area contributed by atoms with Gasteiger partial charge in [0.05, 0.1) is 5.60 Å². The SMILES string of the molecule is OC1(c2ccccc2)CCCC(CN2CC=C(c3ccccc3)CC2)C1. The maximum absolute atomic E-state index is 11.2. The van der Waals surface area contributed by atoms with Crippen molar-refractivity contribution in [1.82, 2.24) is 4.90 Å². The minimum atomic E-state index is -0.634. The van der Waals surface area contributed by atoms with E-state index >= 15 is 0 Å². The van der Waals surface area contributed by atoms with Gasteiger partial charge in [0.15, 0.2) is 0 Å². The zero-order chi connectivity index (χ0) is 17.8. The van der Waals surface area contributed by atoms with Crippen molar-refractivity contribution < 1.29 is 5.11 Å². The fourth-order valence-corrected chi connectivity index (χ4v) is 4.69. The van der Waals surface area contributed by atoms with Crippen LogP contribution in [-0.2, 0) is 5.60 Å². The smallest absolute Gasteiger partial charge is 0.0899 e. The van der Waals surface area contributed by atoms with Gasteiger partial charge in [0.25, 0.3) is 0 Å². The van der Waals surface area contributed by atoms with Crippen LogP contribution in [0.2, 0.25) is 0 Å². The Hall–Kier alpha value is -1.90. The van der Waals surface area contributed by atoms with Gasteiger partial charge < -0.3 is 5.11 Å². The third kappa shape index (κ3) is 3.92. The lowest BCUT2D eigenvalue weighted by Gasteiger charge is -2.39. The third-order valence-corrected chi connectivity index (χ3v) is 6.09. The topological polar surface area (TPSA) is 23.5 Å². The molecule has 2 nitrogen and oxygen atoms in total. The van der Waals surface area contributed by atoms with Crippen LogP contribution in [0.1, 0.15) is 43.2 Å². The van der Waals surface area contributed by atoms with Crippen LogP contribution in [-0.4, -0.2) is 29.6 Å². The summed E-state index contributed by atoms with van der Waals surface area (Å²) in [6, 6.07) is 21.0. The summed E-state index contributed by atoms with van der Waals surface area (Å²) in [5.74, 6) is 0.584. The lowest BCUT2D eigenvalue weighted by molar-refractivity contribution is -0.0265. The number of nitrogens with zero attached hydrogens (tertiary/aromatic N) is 1. The van der Waals surface area contributed by atoms with Crippen molar-refractivity contribution in [2.45, 2.75) is 37.7 Å². The molecule has 1 saturated carbocycles. The highest BCUT2D eigenvalue weighted by atomic mass is 16.3. The molecular weight excluding hydrogens is 318 g/mol. The fourth-order valence-electron chi connectivity index (χ4n) is 4.69. The van der Waals surface area contributed by atoms with Crippen LogP contribution in [0.5, 0.6) is 0 Å².